The summed E-state index contributed by atoms with van der Waals surface area (Å²) in [5.74, 6) is 0. The van der Waals surface area contributed by atoms with Crippen LogP contribution in [0.5, 0.6) is 0 Å². The number of hydrogen-bond acceptors (Lipinski definition) is 5. The molecule has 0 atom stereocenters. The second kappa shape index (κ2) is 4.55. The molecule has 0 bridgehead atoms. The van der Waals surface area contributed by atoms with Gasteiger partial charge in [0.25, 0.3) is 0 Å². The standard InChI is InChI=1S/C11H11N5S/c1-7-4-9(6-12)14-11(13-7)17-10-5-8(2)15-16(10)3/h4-5H,1-3H3. The van der Waals surface area contributed by atoms with E-state index in [-0.39, 0.29) is 0 Å². The van der Waals surface area contributed by atoms with Gasteiger partial charge in [-0.05, 0) is 37.7 Å². The summed E-state index contributed by atoms with van der Waals surface area (Å²) in [5.41, 5.74) is 2.12. The van der Waals surface area contributed by atoms with Gasteiger partial charge < -0.3 is 0 Å². The van der Waals surface area contributed by atoms with Crippen LogP contribution in [0.4, 0.5) is 0 Å². The van der Waals surface area contributed by atoms with Crippen molar-refractivity contribution in [3.63, 3.8) is 0 Å². The van der Waals surface area contributed by atoms with Gasteiger partial charge in [0.05, 0.1) is 5.69 Å². The molecule has 0 aliphatic heterocycles. The van der Waals surface area contributed by atoms with Crippen molar-refractivity contribution in [1.29, 1.82) is 5.26 Å². The van der Waals surface area contributed by atoms with E-state index in [1.165, 1.54) is 11.8 Å². The molecule has 17 heavy (non-hydrogen) atoms. The van der Waals surface area contributed by atoms with Crippen LogP contribution in [0, 0.1) is 25.2 Å². The Labute approximate surface area is 104 Å². The Morgan fingerprint density at radius 1 is 1.24 bits per heavy atom. The van der Waals surface area contributed by atoms with Crippen LogP contribution in [-0.2, 0) is 7.05 Å². The van der Waals surface area contributed by atoms with Crippen molar-refractivity contribution in [1.82, 2.24) is 19.7 Å². The number of aryl methyl sites for hydroxylation is 3. The van der Waals surface area contributed by atoms with Gasteiger partial charge in [-0.15, -0.1) is 0 Å². The van der Waals surface area contributed by atoms with Crippen molar-refractivity contribution >= 4 is 11.8 Å². The van der Waals surface area contributed by atoms with E-state index in [2.05, 4.69) is 15.1 Å². The van der Waals surface area contributed by atoms with Crippen LogP contribution in [0.3, 0.4) is 0 Å². The van der Waals surface area contributed by atoms with Crippen molar-refractivity contribution in [2.75, 3.05) is 0 Å². The zero-order valence-electron chi connectivity index (χ0n) is 9.80. The van der Waals surface area contributed by atoms with Gasteiger partial charge >= 0.3 is 0 Å². The third-order valence-corrected chi connectivity index (χ3v) is 3.06. The highest BCUT2D eigenvalue weighted by Gasteiger charge is 2.08. The van der Waals surface area contributed by atoms with E-state index in [0.717, 1.165) is 16.4 Å². The molecule has 0 unspecified atom stereocenters. The molecule has 6 heteroatoms. The van der Waals surface area contributed by atoms with Crippen molar-refractivity contribution < 1.29 is 0 Å². The first-order valence-electron chi connectivity index (χ1n) is 5.03. The van der Waals surface area contributed by atoms with E-state index in [4.69, 9.17) is 5.26 Å². The lowest BCUT2D eigenvalue weighted by molar-refractivity contribution is 0.691. The van der Waals surface area contributed by atoms with Gasteiger partial charge in [-0.2, -0.15) is 10.4 Å². The number of aromatic nitrogens is 4. The molecule has 0 radical (unpaired) electrons. The van der Waals surface area contributed by atoms with E-state index in [9.17, 15) is 0 Å². The number of rotatable bonds is 2. The topological polar surface area (TPSA) is 67.4 Å². The largest absolute Gasteiger partial charge is 0.261 e. The number of nitriles is 1. The minimum Gasteiger partial charge on any atom is -0.261 e. The Bertz CT molecular complexity index is 596. The highest BCUT2D eigenvalue weighted by Crippen LogP contribution is 2.24. The molecule has 2 heterocycles. The molecule has 0 fully saturated rings. The average molecular weight is 245 g/mol. The quantitative estimate of drug-likeness (QED) is 0.755. The summed E-state index contributed by atoms with van der Waals surface area (Å²) in [6, 6.07) is 5.65. The summed E-state index contributed by atoms with van der Waals surface area (Å²) < 4.78 is 1.78. The lowest BCUT2D eigenvalue weighted by Gasteiger charge is -2.01. The Morgan fingerprint density at radius 3 is 2.59 bits per heavy atom. The van der Waals surface area contributed by atoms with Gasteiger partial charge in [-0.3, -0.25) is 4.68 Å². The fourth-order valence-corrected chi connectivity index (χ4v) is 2.34. The van der Waals surface area contributed by atoms with Crippen LogP contribution in [0.2, 0.25) is 0 Å². The van der Waals surface area contributed by atoms with Gasteiger partial charge in [0.15, 0.2) is 5.16 Å². The highest BCUT2D eigenvalue weighted by molar-refractivity contribution is 7.99. The molecule has 5 nitrogen and oxygen atoms in total. The first-order valence-corrected chi connectivity index (χ1v) is 5.84. The van der Waals surface area contributed by atoms with E-state index in [1.807, 2.05) is 33.0 Å². The second-order valence-corrected chi connectivity index (χ2v) is 4.63. The molecule has 0 amide bonds. The predicted molar refractivity (Wildman–Crippen MR) is 63.6 cm³/mol. The Morgan fingerprint density at radius 2 is 2.00 bits per heavy atom. The maximum Gasteiger partial charge on any atom is 0.195 e. The molecule has 0 saturated carbocycles. The summed E-state index contributed by atoms with van der Waals surface area (Å²) in [6.45, 7) is 3.78. The molecule has 0 aromatic carbocycles. The molecule has 0 saturated heterocycles. The van der Waals surface area contributed by atoms with Crippen LogP contribution < -0.4 is 0 Å². The smallest absolute Gasteiger partial charge is 0.195 e. The van der Waals surface area contributed by atoms with Crippen molar-refractivity contribution in [2.45, 2.75) is 24.0 Å². The molecular formula is C11H11N5S. The minimum absolute atomic E-state index is 0.388. The zero-order chi connectivity index (χ0) is 12.4. The van der Waals surface area contributed by atoms with Gasteiger partial charge in [0.1, 0.15) is 16.8 Å². The number of nitrogens with zero attached hydrogens (tertiary/aromatic N) is 5. The van der Waals surface area contributed by atoms with Crippen molar-refractivity contribution in [2.24, 2.45) is 7.05 Å². The SMILES string of the molecule is Cc1cc(C#N)nc(Sc2cc(C)nn2C)n1. The maximum atomic E-state index is 8.84. The lowest BCUT2D eigenvalue weighted by Crippen LogP contribution is -1.96. The molecule has 0 spiro atoms. The van der Waals surface area contributed by atoms with Crippen molar-refractivity contribution in [3.8, 4) is 6.07 Å². The molecular weight excluding hydrogens is 234 g/mol. The second-order valence-electron chi connectivity index (χ2n) is 3.64. The van der Waals surface area contributed by atoms with E-state index < -0.39 is 0 Å². The molecule has 0 aliphatic rings. The fourth-order valence-electron chi connectivity index (χ4n) is 1.42. The molecule has 2 aromatic rings. The monoisotopic (exact) mass is 245 g/mol. The average Bonchev–Trinajstić information content (AvgIpc) is 2.56. The zero-order valence-corrected chi connectivity index (χ0v) is 10.6. The van der Waals surface area contributed by atoms with Crippen LogP contribution in [0.1, 0.15) is 17.1 Å². The summed E-state index contributed by atoms with van der Waals surface area (Å²) >= 11 is 1.41. The normalized spacial score (nSPS) is 10.2. The fraction of sp³-hybridized carbons (Fsp3) is 0.273. The third kappa shape index (κ3) is 2.63. The Kier molecular flexibility index (Phi) is 3.11. The summed E-state index contributed by atoms with van der Waals surface area (Å²) in [5, 5.41) is 14.6. The molecule has 2 aromatic heterocycles. The van der Waals surface area contributed by atoms with Gasteiger partial charge in [0, 0.05) is 12.7 Å². The van der Waals surface area contributed by atoms with Gasteiger partial charge in [0.2, 0.25) is 0 Å². The maximum absolute atomic E-state index is 8.84. The van der Waals surface area contributed by atoms with Crippen LogP contribution >= 0.6 is 11.8 Å². The van der Waals surface area contributed by atoms with Gasteiger partial charge in [-0.1, -0.05) is 0 Å². The summed E-state index contributed by atoms with van der Waals surface area (Å²) in [6.07, 6.45) is 0. The van der Waals surface area contributed by atoms with E-state index in [1.54, 1.807) is 10.7 Å². The predicted octanol–water partition coefficient (Wildman–Crippen LogP) is 1.85. The lowest BCUT2D eigenvalue weighted by atomic mass is 10.4. The van der Waals surface area contributed by atoms with Crippen LogP contribution in [0.15, 0.2) is 22.3 Å². The Hall–Kier alpha value is -1.87. The highest BCUT2D eigenvalue weighted by atomic mass is 32.2. The summed E-state index contributed by atoms with van der Waals surface area (Å²) in [4.78, 5) is 8.43. The molecule has 86 valence electrons. The third-order valence-electron chi connectivity index (χ3n) is 2.10. The number of hydrogen-bond donors (Lipinski definition) is 0. The first-order chi connectivity index (χ1) is 8.08. The first kappa shape index (κ1) is 11.6. The van der Waals surface area contributed by atoms with Gasteiger partial charge in [-0.25, -0.2) is 9.97 Å². The molecule has 2 rings (SSSR count). The Balaban J connectivity index is 2.33. The van der Waals surface area contributed by atoms with Crippen LogP contribution in [0.25, 0.3) is 0 Å². The van der Waals surface area contributed by atoms with E-state index in [0.29, 0.717) is 10.9 Å². The molecule has 0 aliphatic carbocycles. The van der Waals surface area contributed by atoms with Crippen molar-refractivity contribution in [3.05, 3.63) is 29.2 Å². The molecule has 0 N–H and O–H groups in total. The van der Waals surface area contributed by atoms with E-state index >= 15 is 0 Å². The van der Waals surface area contributed by atoms with Crippen LogP contribution in [-0.4, -0.2) is 19.7 Å². The minimum atomic E-state index is 0.388. The summed E-state index contributed by atoms with van der Waals surface area (Å²) in [7, 11) is 1.87.